The lowest BCUT2D eigenvalue weighted by Gasteiger charge is -2.07. The Balaban J connectivity index is 2.22. The number of aromatic nitrogens is 2. The molecule has 2 aromatic rings. The van der Waals surface area contributed by atoms with Gasteiger partial charge >= 0.3 is 0 Å². The average Bonchev–Trinajstić information content (AvgIpc) is 2.34. The van der Waals surface area contributed by atoms with Crippen molar-refractivity contribution in [3.8, 4) is 0 Å². The van der Waals surface area contributed by atoms with E-state index in [2.05, 4.69) is 20.6 Å². The maximum Gasteiger partial charge on any atom is 0.151 e. The van der Waals surface area contributed by atoms with Crippen molar-refractivity contribution in [2.75, 3.05) is 17.7 Å². The van der Waals surface area contributed by atoms with Gasteiger partial charge in [0.05, 0.1) is 17.4 Å². The molecule has 2 rings (SSSR count). The van der Waals surface area contributed by atoms with Gasteiger partial charge in [-0.1, -0.05) is 11.6 Å². The van der Waals surface area contributed by atoms with Crippen molar-refractivity contribution in [3.63, 3.8) is 0 Å². The van der Waals surface area contributed by atoms with Crippen LogP contribution in [0.15, 0.2) is 30.6 Å². The lowest BCUT2D eigenvalue weighted by Crippen LogP contribution is -1.98. The number of hydrogen-bond donors (Lipinski definition) is 2. The van der Waals surface area contributed by atoms with Gasteiger partial charge in [-0.05, 0) is 18.2 Å². The summed E-state index contributed by atoms with van der Waals surface area (Å²) in [5.41, 5.74) is 0.652. The van der Waals surface area contributed by atoms with Crippen molar-refractivity contribution >= 4 is 28.9 Å². The third-order valence-electron chi connectivity index (χ3n) is 2.08. The van der Waals surface area contributed by atoms with Gasteiger partial charge in [0.1, 0.15) is 11.6 Å². The minimum absolute atomic E-state index is 0.0627. The second-order valence-corrected chi connectivity index (χ2v) is 3.70. The Morgan fingerprint density at radius 2 is 2.00 bits per heavy atom. The van der Waals surface area contributed by atoms with Crippen molar-refractivity contribution in [3.05, 3.63) is 41.4 Å². The zero-order valence-corrected chi connectivity index (χ0v) is 9.79. The Kier molecular flexibility index (Phi) is 3.39. The summed E-state index contributed by atoms with van der Waals surface area (Å²) in [5.74, 6) is 0.745. The van der Waals surface area contributed by atoms with Crippen molar-refractivity contribution in [2.24, 2.45) is 0 Å². The normalized spacial score (nSPS) is 10.1. The predicted octanol–water partition coefficient (Wildman–Crippen LogP) is 3.05. The molecule has 88 valence electrons. The molecule has 0 fully saturated rings. The van der Waals surface area contributed by atoms with Gasteiger partial charge in [-0.15, -0.1) is 0 Å². The molecule has 1 aromatic heterocycles. The molecule has 1 heterocycles. The topological polar surface area (TPSA) is 49.8 Å². The minimum atomic E-state index is -0.452. The van der Waals surface area contributed by atoms with Gasteiger partial charge in [0, 0.05) is 12.7 Å². The Morgan fingerprint density at radius 1 is 1.24 bits per heavy atom. The van der Waals surface area contributed by atoms with Crippen LogP contribution in [-0.4, -0.2) is 17.0 Å². The molecule has 0 unspecified atom stereocenters. The lowest BCUT2D eigenvalue weighted by atomic mass is 10.3. The highest BCUT2D eigenvalue weighted by atomic mass is 35.5. The van der Waals surface area contributed by atoms with Gasteiger partial charge in [0.2, 0.25) is 0 Å². The number of nitrogens with zero attached hydrogens (tertiary/aromatic N) is 2. The summed E-state index contributed by atoms with van der Waals surface area (Å²) in [6.45, 7) is 0. The summed E-state index contributed by atoms with van der Waals surface area (Å²) in [4.78, 5) is 8.21. The third kappa shape index (κ3) is 2.82. The van der Waals surface area contributed by atoms with Gasteiger partial charge in [0.25, 0.3) is 0 Å². The fourth-order valence-corrected chi connectivity index (χ4v) is 1.45. The molecule has 0 spiro atoms. The number of nitrogens with one attached hydrogen (secondary N) is 2. The SMILES string of the molecule is CNc1cncc(Nc2ccc(F)c(Cl)c2)n1. The molecule has 1 aromatic carbocycles. The Bertz CT molecular complexity index is 533. The Morgan fingerprint density at radius 3 is 2.71 bits per heavy atom. The Labute approximate surface area is 103 Å². The minimum Gasteiger partial charge on any atom is -0.372 e. The monoisotopic (exact) mass is 252 g/mol. The number of halogens is 2. The van der Waals surface area contributed by atoms with Crippen LogP contribution in [0.4, 0.5) is 21.7 Å². The maximum absolute atomic E-state index is 13.0. The van der Waals surface area contributed by atoms with Gasteiger partial charge in [-0.2, -0.15) is 0 Å². The smallest absolute Gasteiger partial charge is 0.151 e. The van der Waals surface area contributed by atoms with Gasteiger partial charge in [-0.25, -0.2) is 9.37 Å². The molecule has 17 heavy (non-hydrogen) atoms. The van der Waals surface area contributed by atoms with Crippen molar-refractivity contribution in [1.29, 1.82) is 0 Å². The van der Waals surface area contributed by atoms with Crippen LogP contribution in [0, 0.1) is 5.82 Å². The summed E-state index contributed by atoms with van der Waals surface area (Å²) < 4.78 is 13.0. The average molecular weight is 253 g/mol. The van der Waals surface area contributed by atoms with Crippen molar-refractivity contribution in [1.82, 2.24) is 9.97 Å². The summed E-state index contributed by atoms with van der Waals surface area (Å²) in [7, 11) is 1.75. The van der Waals surface area contributed by atoms with Gasteiger partial charge in [0.15, 0.2) is 5.82 Å². The molecular formula is C11H10ClFN4. The van der Waals surface area contributed by atoms with Crippen LogP contribution in [0.3, 0.4) is 0 Å². The molecule has 0 aliphatic heterocycles. The van der Waals surface area contributed by atoms with E-state index in [1.807, 2.05) is 0 Å². The van der Waals surface area contributed by atoms with E-state index in [-0.39, 0.29) is 5.02 Å². The number of hydrogen-bond acceptors (Lipinski definition) is 4. The van der Waals surface area contributed by atoms with E-state index >= 15 is 0 Å². The van der Waals surface area contributed by atoms with Crippen LogP contribution in [0.2, 0.25) is 5.02 Å². The van der Waals surface area contributed by atoms with Crippen LogP contribution in [0.5, 0.6) is 0 Å². The van der Waals surface area contributed by atoms with Crippen LogP contribution in [-0.2, 0) is 0 Å². The van der Waals surface area contributed by atoms with Crippen LogP contribution < -0.4 is 10.6 Å². The van der Waals surface area contributed by atoms with E-state index in [0.717, 1.165) is 0 Å². The third-order valence-corrected chi connectivity index (χ3v) is 2.37. The molecule has 0 bridgehead atoms. The molecule has 0 aliphatic rings. The van der Waals surface area contributed by atoms with Crippen LogP contribution in [0.25, 0.3) is 0 Å². The van der Waals surface area contributed by atoms with Crippen LogP contribution >= 0.6 is 11.6 Å². The lowest BCUT2D eigenvalue weighted by molar-refractivity contribution is 0.628. The molecule has 0 aliphatic carbocycles. The molecule has 0 saturated heterocycles. The van der Waals surface area contributed by atoms with E-state index < -0.39 is 5.82 Å². The molecule has 2 N–H and O–H groups in total. The molecule has 6 heteroatoms. The first-order valence-corrected chi connectivity index (χ1v) is 5.28. The van der Waals surface area contributed by atoms with E-state index in [9.17, 15) is 4.39 Å². The zero-order chi connectivity index (χ0) is 12.3. The molecular weight excluding hydrogens is 243 g/mol. The fourth-order valence-electron chi connectivity index (χ4n) is 1.27. The summed E-state index contributed by atoms with van der Waals surface area (Å²) in [6.07, 6.45) is 3.17. The van der Waals surface area contributed by atoms with Crippen molar-refractivity contribution in [2.45, 2.75) is 0 Å². The second-order valence-electron chi connectivity index (χ2n) is 3.29. The van der Waals surface area contributed by atoms with E-state index in [1.54, 1.807) is 25.5 Å². The number of anilines is 3. The molecule has 0 radical (unpaired) electrons. The maximum atomic E-state index is 13.0. The predicted molar refractivity (Wildman–Crippen MR) is 66.3 cm³/mol. The van der Waals surface area contributed by atoms with Gasteiger partial charge < -0.3 is 10.6 Å². The summed E-state index contributed by atoms with van der Waals surface area (Å²) in [5, 5.41) is 5.92. The second kappa shape index (κ2) is 4.97. The van der Waals surface area contributed by atoms with Crippen molar-refractivity contribution < 1.29 is 4.39 Å². The highest BCUT2D eigenvalue weighted by molar-refractivity contribution is 6.31. The van der Waals surface area contributed by atoms with Gasteiger partial charge in [-0.3, -0.25) is 4.98 Å². The largest absolute Gasteiger partial charge is 0.372 e. The molecule has 4 nitrogen and oxygen atoms in total. The zero-order valence-electron chi connectivity index (χ0n) is 9.04. The first kappa shape index (κ1) is 11.6. The molecule has 0 atom stereocenters. The first-order valence-electron chi connectivity index (χ1n) is 4.91. The highest BCUT2D eigenvalue weighted by Crippen LogP contribution is 2.21. The summed E-state index contributed by atoms with van der Waals surface area (Å²) >= 11 is 5.68. The van der Waals surface area contributed by atoms with E-state index in [4.69, 9.17) is 11.6 Å². The number of benzene rings is 1. The fraction of sp³-hybridized carbons (Fsp3) is 0.0909. The summed E-state index contributed by atoms with van der Waals surface area (Å²) in [6, 6.07) is 4.36. The highest BCUT2D eigenvalue weighted by Gasteiger charge is 2.02. The van der Waals surface area contributed by atoms with E-state index in [1.165, 1.54) is 12.1 Å². The standard InChI is InChI=1S/C11H10ClFN4/c1-14-10-5-15-6-11(17-10)16-7-2-3-9(13)8(12)4-7/h2-6H,1H3,(H2,14,16,17). The Hall–Kier alpha value is -1.88. The molecule has 0 saturated carbocycles. The number of rotatable bonds is 3. The quantitative estimate of drug-likeness (QED) is 0.882. The molecule has 0 amide bonds. The first-order chi connectivity index (χ1) is 8.19. The van der Waals surface area contributed by atoms with E-state index in [0.29, 0.717) is 17.3 Å². The van der Waals surface area contributed by atoms with Crippen LogP contribution in [0.1, 0.15) is 0 Å².